The number of nitrogens with zero attached hydrogens (tertiary/aromatic N) is 1. The second kappa shape index (κ2) is 7.16. The quantitative estimate of drug-likeness (QED) is 0.462. The van der Waals surface area contributed by atoms with Crippen LogP contribution in [0.1, 0.15) is 5.56 Å². The summed E-state index contributed by atoms with van der Waals surface area (Å²) < 4.78 is 11.6. The van der Waals surface area contributed by atoms with Gasteiger partial charge < -0.3 is 9.47 Å². The first-order valence-corrected chi connectivity index (χ1v) is 8.51. The van der Waals surface area contributed by atoms with Gasteiger partial charge in [0.05, 0.1) is 0 Å². The summed E-state index contributed by atoms with van der Waals surface area (Å²) in [4.78, 5) is 0. The zero-order valence-corrected chi connectivity index (χ0v) is 14.2. The maximum atomic E-state index is 9.49. The van der Waals surface area contributed by atoms with Gasteiger partial charge in [-0.3, -0.25) is 0 Å². The van der Waals surface area contributed by atoms with Crippen molar-refractivity contribution in [1.29, 1.82) is 5.26 Å². The van der Waals surface area contributed by atoms with Crippen LogP contribution in [0.5, 0.6) is 11.5 Å². The van der Waals surface area contributed by atoms with Crippen LogP contribution in [0.3, 0.4) is 0 Å². The molecule has 4 rings (SSSR count). The second-order valence-corrected chi connectivity index (χ2v) is 5.98. The molecule has 0 aromatic heterocycles. The van der Waals surface area contributed by atoms with Gasteiger partial charge in [0.25, 0.3) is 0 Å². The number of hydrogen-bond acceptors (Lipinski definition) is 3. The summed E-state index contributed by atoms with van der Waals surface area (Å²) >= 11 is 0. The third kappa shape index (κ3) is 3.18. The van der Waals surface area contributed by atoms with Crippen molar-refractivity contribution in [3.8, 4) is 17.6 Å². The fourth-order valence-electron chi connectivity index (χ4n) is 3.06. The van der Waals surface area contributed by atoms with E-state index in [1.807, 2.05) is 66.7 Å². The normalized spacial score (nSPS) is 10.6. The van der Waals surface area contributed by atoms with E-state index in [4.69, 9.17) is 9.47 Å². The minimum Gasteiger partial charge on any atom is -0.490 e. The van der Waals surface area contributed by atoms with Gasteiger partial charge in [-0.15, -0.1) is 0 Å². The lowest BCUT2D eigenvalue weighted by Gasteiger charge is -2.11. The molecule has 0 saturated carbocycles. The zero-order valence-electron chi connectivity index (χ0n) is 14.2. The summed E-state index contributed by atoms with van der Waals surface area (Å²) in [6.45, 7) is 0.788. The molecule has 0 bridgehead atoms. The maximum Gasteiger partial charge on any atom is 0.137 e. The Bertz CT molecular complexity index is 1110. The lowest BCUT2D eigenvalue weighted by Crippen LogP contribution is -2.09. The van der Waals surface area contributed by atoms with E-state index in [0.717, 1.165) is 21.9 Å². The van der Waals surface area contributed by atoms with E-state index in [9.17, 15) is 5.26 Å². The van der Waals surface area contributed by atoms with Crippen molar-refractivity contribution >= 4 is 21.5 Å². The molecule has 0 amide bonds. The zero-order chi connectivity index (χ0) is 17.8. The molecule has 4 aromatic rings. The monoisotopic (exact) mass is 339 g/mol. The maximum absolute atomic E-state index is 9.49. The van der Waals surface area contributed by atoms with Gasteiger partial charge in [0.1, 0.15) is 36.3 Å². The van der Waals surface area contributed by atoms with E-state index in [-0.39, 0.29) is 0 Å². The van der Waals surface area contributed by atoms with Crippen LogP contribution in [0, 0.1) is 11.3 Å². The van der Waals surface area contributed by atoms with Gasteiger partial charge in [0, 0.05) is 5.39 Å². The summed E-state index contributed by atoms with van der Waals surface area (Å²) in [7, 11) is 0. The van der Waals surface area contributed by atoms with Gasteiger partial charge in [-0.05, 0) is 34.4 Å². The number of ether oxygens (including phenoxy) is 2. The van der Waals surface area contributed by atoms with Crippen molar-refractivity contribution in [3.05, 3.63) is 84.4 Å². The minimum atomic E-state index is 0.375. The molecular weight excluding hydrogens is 322 g/mol. The van der Waals surface area contributed by atoms with Crippen LogP contribution in [0.15, 0.2) is 78.9 Å². The molecular formula is C23H17NO2. The predicted molar refractivity (Wildman–Crippen MR) is 104 cm³/mol. The molecule has 0 aliphatic heterocycles. The van der Waals surface area contributed by atoms with Crippen molar-refractivity contribution in [3.63, 3.8) is 0 Å². The van der Waals surface area contributed by atoms with Gasteiger partial charge >= 0.3 is 0 Å². The SMILES string of the molecule is N#Cc1c(OCCOc2ccc3ccccc3c2)ccc2ccccc12. The van der Waals surface area contributed by atoms with Gasteiger partial charge in [-0.25, -0.2) is 0 Å². The first-order valence-electron chi connectivity index (χ1n) is 8.51. The number of fused-ring (bicyclic) bond motifs is 2. The molecule has 0 aliphatic rings. The molecule has 0 fully saturated rings. The Morgan fingerprint density at radius 2 is 1.38 bits per heavy atom. The summed E-state index contributed by atoms with van der Waals surface area (Å²) in [6, 6.07) is 28.1. The molecule has 0 heterocycles. The number of benzene rings is 4. The van der Waals surface area contributed by atoms with Crippen LogP contribution in [0.4, 0.5) is 0 Å². The molecule has 0 atom stereocenters. The van der Waals surface area contributed by atoms with E-state index in [2.05, 4.69) is 18.2 Å². The highest BCUT2D eigenvalue weighted by atomic mass is 16.5. The van der Waals surface area contributed by atoms with Crippen LogP contribution in [0.2, 0.25) is 0 Å². The lowest BCUT2D eigenvalue weighted by atomic mass is 10.0. The highest BCUT2D eigenvalue weighted by Crippen LogP contribution is 2.27. The van der Waals surface area contributed by atoms with Crippen molar-refractivity contribution in [2.45, 2.75) is 0 Å². The first-order chi connectivity index (χ1) is 12.8. The Morgan fingerprint density at radius 1 is 0.692 bits per heavy atom. The smallest absolute Gasteiger partial charge is 0.137 e. The third-order valence-electron chi connectivity index (χ3n) is 4.33. The minimum absolute atomic E-state index is 0.375. The highest BCUT2D eigenvalue weighted by Gasteiger charge is 2.08. The topological polar surface area (TPSA) is 42.2 Å². The molecule has 4 aromatic carbocycles. The molecule has 0 N–H and O–H groups in total. The van der Waals surface area contributed by atoms with Crippen molar-refractivity contribution < 1.29 is 9.47 Å². The molecule has 0 saturated heterocycles. The Labute approximate surface area is 152 Å². The average molecular weight is 339 g/mol. The number of nitriles is 1. The second-order valence-electron chi connectivity index (χ2n) is 5.98. The number of hydrogen-bond donors (Lipinski definition) is 0. The number of rotatable bonds is 5. The van der Waals surface area contributed by atoms with Gasteiger partial charge in [0.15, 0.2) is 0 Å². The fraction of sp³-hybridized carbons (Fsp3) is 0.0870. The molecule has 0 spiro atoms. The van der Waals surface area contributed by atoms with Gasteiger partial charge in [0.2, 0.25) is 0 Å². The van der Waals surface area contributed by atoms with E-state index in [1.165, 1.54) is 5.39 Å². The summed E-state index contributed by atoms with van der Waals surface area (Å²) in [6.07, 6.45) is 0. The van der Waals surface area contributed by atoms with Crippen LogP contribution in [0.25, 0.3) is 21.5 Å². The third-order valence-corrected chi connectivity index (χ3v) is 4.33. The molecule has 3 heteroatoms. The predicted octanol–water partition coefficient (Wildman–Crippen LogP) is 5.32. The Morgan fingerprint density at radius 3 is 2.23 bits per heavy atom. The van der Waals surface area contributed by atoms with Crippen LogP contribution < -0.4 is 9.47 Å². The molecule has 0 radical (unpaired) electrons. The van der Waals surface area contributed by atoms with Crippen molar-refractivity contribution in [2.24, 2.45) is 0 Å². The van der Waals surface area contributed by atoms with E-state index in [1.54, 1.807) is 0 Å². The van der Waals surface area contributed by atoms with Crippen LogP contribution in [-0.2, 0) is 0 Å². The standard InChI is InChI=1S/C23H17NO2/c24-16-22-21-8-4-3-6-18(21)10-12-23(22)26-14-13-25-20-11-9-17-5-1-2-7-19(17)15-20/h1-12,15H,13-14H2. The van der Waals surface area contributed by atoms with E-state index >= 15 is 0 Å². The summed E-state index contributed by atoms with van der Waals surface area (Å²) in [5.41, 5.74) is 0.564. The Hall–Kier alpha value is -3.51. The molecule has 3 nitrogen and oxygen atoms in total. The average Bonchev–Trinajstić information content (AvgIpc) is 2.70. The highest BCUT2D eigenvalue weighted by molar-refractivity contribution is 5.90. The molecule has 26 heavy (non-hydrogen) atoms. The molecule has 126 valence electrons. The Kier molecular flexibility index (Phi) is 4.40. The molecule has 0 unspecified atom stereocenters. The lowest BCUT2D eigenvalue weighted by molar-refractivity contribution is 0.217. The van der Waals surface area contributed by atoms with Gasteiger partial charge in [-0.2, -0.15) is 5.26 Å². The van der Waals surface area contributed by atoms with Crippen molar-refractivity contribution in [1.82, 2.24) is 0 Å². The van der Waals surface area contributed by atoms with Crippen LogP contribution >= 0.6 is 0 Å². The van der Waals surface area contributed by atoms with E-state index < -0.39 is 0 Å². The van der Waals surface area contributed by atoms with E-state index in [0.29, 0.717) is 24.5 Å². The van der Waals surface area contributed by atoms with Crippen molar-refractivity contribution in [2.75, 3.05) is 13.2 Å². The summed E-state index contributed by atoms with van der Waals surface area (Å²) in [5, 5.41) is 13.8. The Balaban J connectivity index is 1.43. The molecule has 0 aliphatic carbocycles. The first kappa shape index (κ1) is 16.0. The largest absolute Gasteiger partial charge is 0.490 e. The fourth-order valence-corrected chi connectivity index (χ4v) is 3.06. The van der Waals surface area contributed by atoms with Crippen LogP contribution in [-0.4, -0.2) is 13.2 Å². The van der Waals surface area contributed by atoms with Gasteiger partial charge in [-0.1, -0.05) is 60.7 Å². The summed E-state index contributed by atoms with van der Waals surface area (Å²) in [5.74, 6) is 1.40.